The number of halogens is 13. The van der Waals surface area contributed by atoms with Crippen molar-refractivity contribution in [2.75, 3.05) is 6.54 Å². The van der Waals surface area contributed by atoms with E-state index in [2.05, 4.69) is 4.99 Å². The molecule has 1 nitrogen and oxygen atoms in total. The highest BCUT2D eigenvalue weighted by Gasteiger charge is 2.90. The number of aliphatic imine (C=N–C) groups is 1. The van der Waals surface area contributed by atoms with E-state index in [0.717, 1.165) is 17.3 Å². The SMILES string of the molecule is FC(F)(F)C(F)(F)C(F)(F)C(F)(F)C(F)(F)C(F)(F)CCN=Cc1ccc(-c2ccccc2)cc1. The van der Waals surface area contributed by atoms with E-state index in [1.807, 2.05) is 0 Å². The van der Waals surface area contributed by atoms with E-state index >= 15 is 0 Å². The van der Waals surface area contributed by atoms with Crippen molar-refractivity contribution in [3.8, 4) is 11.1 Å². The molecule has 0 radical (unpaired) electrons. The fourth-order valence-electron chi connectivity index (χ4n) is 2.73. The summed E-state index contributed by atoms with van der Waals surface area (Å²) >= 11 is 0. The molecule has 2 aromatic rings. The van der Waals surface area contributed by atoms with Crippen molar-refractivity contribution in [3.63, 3.8) is 0 Å². The Balaban J connectivity index is 2.14. The van der Waals surface area contributed by atoms with Gasteiger partial charge in [-0.2, -0.15) is 57.1 Å². The molecule has 0 spiro atoms. The maximum absolute atomic E-state index is 13.7. The van der Waals surface area contributed by atoms with E-state index in [1.165, 1.54) is 12.1 Å². The van der Waals surface area contributed by atoms with Gasteiger partial charge >= 0.3 is 35.8 Å². The molecule has 194 valence electrons. The third kappa shape index (κ3) is 5.10. The van der Waals surface area contributed by atoms with E-state index in [9.17, 15) is 57.1 Å². The van der Waals surface area contributed by atoms with Crippen LogP contribution < -0.4 is 0 Å². The van der Waals surface area contributed by atoms with E-state index < -0.39 is 48.8 Å². The third-order valence-corrected chi connectivity index (χ3v) is 4.81. The lowest BCUT2D eigenvalue weighted by atomic mass is 9.92. The van der Waals surface area contributed by atoms with E-state index in [4.69, 9.17) is 0 Å². The molecule has 0 aliphatic heterocycles. The van der Waals surface area contributed by atoms with Crippen LogP contribution in [-0.4, -0.2) is 48.5 Å². The predicted octanol–water partition coefficient (Wildman–Crippen LogP) is 7.90. The summed E-state index contributed by atoms with van der Waals surface area (Å²) in [5.41, 5.74) is 1.78. The topological polar surface area (TPSA) is 12.4 Å². The molecule has 0 saturated carbocycles. The van der Waals surface area contributed by atoms with Gasteiger partial charge in [-0.1, -0.05) is 54.6 Å². The van der Waals surface area contributed by atoms with E-state index in [-0.39, 0.29) is 5.56 Å². The Labute approximate surface area is 189 Å². The van der Waals surface area contributed by atoms with Crippen molar-refractivity contribution >= 4 is 6.21 Å². The molecule has 0 aromatic heterocycles. The second-order valence-corrected chi connectivity index (χ2v) is 7.27. The summed E-state index contributed by atoms with van der Waals surface area (Å²) in [5.74, 6) is -36.8. The summed E-state index contributed by atoms with van der Waals surface area (Å²) < 4.78 is 170. The van der Waals surface area contributed by atoms with Crippen molar-refractivity contribution < 1.29 is 57.1 Å². The Bertz CT molecular complexity index is 1010. The van der Waals surface area contributed by atoms with Crippen LogP contribution in [0.4, 0.5) is 57.1 Å². The summed E-state index contributed by atoms with van der Waals surface area (Å²) in [6.07, 6.45) is -8.93. The van der Waals surface area contributed by atoms with Crippen LogP contribution in [-0.2, 0) is 0 Å². The van der Waals surface area contributed by atoms with Gasteiger partial charge in [-0.3, -0.25) is 4.99 Å². The molecule has 14 heteroatoms. The van der Waals surface area contributed by atoms with Crippen LogP contribution in [0.1, 0.15) is 12.0 Å². The summed E-state index contributed by atoms with van der Waals surface area (Å²) in [7, 11) is 0. The van der Waals surface area contributed by atoms with E-state index in [0.29, 0.717) is 0 Å². The Hall–Kier alpha value is -2.80. The normalized spacial score (nSPS) is 14.5. The minimum atomic E-state index is -7.89. The van der Waals surface area contributed by atoms with Gasteiger partial charge in [0.15, 0.2) is 0 Å². The second kappa shape index (κ2) is 9.34. The molecular formula is C21H14F13N. The predicted molar refractivity (Wildman–Crippen MR) is 99.7 cm³/mol. The van der Waals surface area contributed by atoms with Crippen molar-refractivity contribution in [1.29, 1.82) is 0 Å². The fraction of sp³-hybridized carbons (Fsp3) is 0.381. The fourth-order valence-corrected chi connectivity index (χ4v) is 2.73. The molecule has 0 amide bonds. The van der Waals surface area contributed by atoms with Crippen molar-refractivity contribution in [2.24, 2.45) is 4.99 Å². The van der Waals surface area contributed by atoms with Crippen LogP contribution in [0.2, 0.25) is 0 Å². The average molecular weight is 527 g/mol. The Morgan fingerprint density at radius 2 is 1.00 bits per heavy atom. The lowest BCUT2D eigenvalue weighted by Crippen LogP contribution is -2.70. The lowest BCUT2D eigenvalue weighted by Gasteiger charge is -2.39. The maximum Gasteiger partial charge on any atom is 0.460 e. The summed E-state index contributed by atoms with van der Waals surface area (Å²) in [6.45, 7) is -1.37. The smallest absolute Gasteiger partial charge is 0.292 e. The molecule has 0 atom stereocenters. The first kappa shape index (κ1) is 28.4. The van der Waals surface area contributed by atoms with Crippen LogP contribution in [0.25, 0.3) is 11.1 Å². The zero-order chi connectivity index (χ0) is 26.9. The van der Waals surface area contributed by atoms with Gasteiger partial charge in [0.05, 0.1) is 0 Å². The first-order chi connectivity index (χ1) is 15.8. The molecule has 0 saturated heterocycles. The number of hydrogen-bond donors (Lipinski definition) is 0. The zero-order valence-corrected chi connectivity index (χ0v) is 17.0. The van der Waals surface area contributed by atoms with Gasteiger partial charge in [0.1, 0.15) is 0 Å². The number of rotatable bonds is 9. The van der Waals surface area contributed by atoms with Crippen molar-refractivity contribution in [1.82, 2.24) is 0 Å². The van der Waals surface area contributed by atoms with Gasteiger partial charge in [-0.15, -0.1) is 0 Å². The van der Waals surface area contributed by atoms with Crippen molar-refractivity contribution in [3.05, 3.63) is 60.2 Å². The van der Waals surface area contributed by atoms with Crippen LogP contribution in [0.15, 0.2) is 59.6 Å². The molecule has 2 rings (SSSR count). The van der Waals surface area contributed by atoms with Crippen LogP contribution >= 0.6 is 0 Å². The summed E-state index contributed by atoms with van der Waals surface area (Å²) in [6, 6.07) is 14.8. The van der Waals surface area contributed by atoms with Crippen molar-refractivity contribution in [2.45, 2.75) is 42.2 Å². The first-order valence-electron chi connectivity index (χ1n) is 9.41. The monoisotopic (exact) mass is 527 g/mol. The molecule has 0 aliphatic carbocycles. The molecule has 35 heavy (non-hydrogen) atoms. The molecule has 0 unspecified atom stereocenters. The van der Waals surface area contributed by atoms with Gasteiger partial charge in [0.25, 0.3) is 0 Å². The molecule has 0 bridgehead atoms. The number of benzene rings is 2. The number of alkyl halides is 13. The molecule has 2 aromatic carbocycles. The quantitative estimate of drug-likeness (QED) is 0.232. The Morgan fingerprint density at radius 3 is 1.49 bits per heavy atom. The highest BCUT2D eigenvalue weighted by atomic mass is 19.4. The standard InChI is InChI=1S/C21H14F13N/c22-16(23,17(24,25)18(26,27)19(28,29)20(30,31)21(32,33)34)10-11-35-12-13-6-8-15(9-7-13)14-4-2-1-3-5-14/h1-9,12H,10-11H2. The molecule has 0 N–H and O–H groups in total. The van der Waals surface area contributed by atoms with Crippen LogP contribution in [0, 0.1) is 0 Å². The Kier molecular flexibility index (Phi) is 7.59. The summed E-state index contributed by atoms with van der Waals surface area (Å²) in [5, 5.41) is 0. The zero-order valence-electron chi connectivity index (χ0n) is 17.0. The minimum absolute atomic E-state index is 0.237. The molecule has 0 heterocycles. The van der Waals surface area contributed by atoms with Crippen LogP contribution in [0.3, 0.4) is 0 Å². The number of nitrogens with zero attached hydrogens (tertiary/aromatic N) is 1. The molecule has 0 aliphatic rings. The first-order valence-corrected chi connectivity index (χ1v) is 9.41. The van der Waals surface area contributed by atoms with Gasteiger partial charge in [-0.05, 0) is 16.7 Å². The number of hydrogen-bond acceptors (Lipinski definition) is 1. The van der Waals surface area contributed by atoms with Gasteiger partial charge in [-0.25, -0.2) is 0 Å². The largest absolute Gasteiger partial charge is 0.460 e. The summed E-state index contributed by atoms with van der Waals surface area (Å²) in [4.78, 5) is 3.28. The third-order valence-electron chi connectivity index (χ3n) is 4.81. The second-order valence-electron chi connectivity index (χ2n) is 7.27. The van der Waals surface area contributed by atoms with Gasteiger partial charge < -0.3 is 0 Å². The van der Waals surface area contributed by atoms with Gasteiger partial charge in [0.2, 0.25) is 0 Å². The highest BCUT2D eigenvalue weighted by molar-refractivity contribution is 5.81. The van der Waals surface area contributed by atoms with Crippen LogP contribution in [0.5, 0.6) is 0 Å². The highest BCUT2D eigenvalue weighted by Crippen LogP contribution is 2.60. The maximum atomic E-state index is 13.7. The Morgan fingerprint density at radius 1 is 0.543 bits per heavy atom. The lowest BCUT2D eigenvalue weighted by molar-refractivity contribution is -0.440. The average Bonchev–Trinajstić information content (AvgIpc) is 2.76. The molecular weight excluding hydrogens is 513 g/mol. The van der Waals surface area contributed by atoms with E-state index in [1.54, 1.807) is 42.5 Å². The molecule has 0 fully saturated rings. The van der Waals surface area contributed by atoms with Gasteiger partial charge in [0, 0.05) is 19.2 Å². The minimum Gasteiger partial charge on any atom is -0.292 e.